The van der Waals surface area contributed by atoms with Gasteiger partial charge in [-0.1, -0.05) is 6.07 Å². The number of methoxy groups -OCH3 is 1. The highest BCUT2D eigenvalue weighted by atomic mass is 16.5. The Balaban J connectivity index is 2.64. The van der Waals surface area contributed by atoms with Crippen LogP contribution >= 0.6 is 0 Å². The molecule has 0 aromatic heterocycles. The Morgan fingerprint density at radius 2 is 2.19 bits per heavy atom. The minimum Gasteiger partial charge on any atom is -0.504 e. The first-order valence-electron chi connectivity index (χ1n) is 4.75. The van der Waals surface area contributed by atoms with Crippen molar-refractivity contribution in [1.29, 1.82) is 0 Å². The van der Waals surface area contributed by atoms with Gasteiger partial charge in [0.2, 0.25) is 0 Å². The molecule has 1 aromatic rings. The second-order valence-electron chi connectivity index (χ2n) is 3.29. The van der Waals surface area contributed by atoms with Crippen LogP contribution in [0.1, 0.15) is 12.5 Å². The summed E-state index contributed by atoms with van der Waals surface area (Å²) in [6.07, 6.45) is -1.14. The summed E-state index contributed by atoms with van der Waals surface area (Å²) in [5.74, 6) is -0.356. The Labute approximate surface area is 93.2 Å². The largest absolute Gasteiger partial charge is 0.504 e. The van der Waals surface area contributed by atoms with Crippen LogP contribution in [0.25, 0.3) is 0 Å². The number of rotatable bonds is 4. The number of hydrogen-bond acceptors (Lipinski definition) is 5. The fourth-order valence-corrected chi connectivity index (χ4v) is 1.09. The number of aliphatic hydroxyl groups excluding tert-OH is 1. The molecule has 5 heteroatoms. The minimum atomic E-state index is -1.14. The average molecular weight is 226 g/mol. The van der Waals surface area contributed by atoms with E-state index in [1.54, 1.807) is 12.1 Å². The van der Waals surface area contributed by atoms with E-state index in [-0.39, 0.29) is 12.4 Å². The SMILES string of the molecule is COc1cc(COC(=O)C(C)O)ccc1O. The quantitative estimate of drug-likeness (QED) is 0.743. The molecule has 0 aliphatic carbocycles. The summed E-state index contributed by atoms with van der Waals surface area (Å²) >= 11 is 0. The van der Waals surface area contributed by atoms with Crippen LogP contribution in [0.15, 0.2) is 18.2 Å². The first-order valence-corrected chi connectivity index (χ1v) is 4.75. The lowest BCUT2D eigenvalue weighted by Crippen LogP contribution is -2.18. The first-order chi connectivity index (χ1) is 7.54. The van der Waals surface area contributed by atoms with Gasteiger partial charge in [-0.3, -0.25) is 0 Å². The van der Waals surface area contributed by atoms with Gasteiger partial charge < -0.3 is 19.7 Å². The van der Waals surface area contributed by atoms with E-state index in [1.165, 1.54) is 20.1 Å². The smallest absolute Gasteiger partial charge is 0.334 e. The first kappa shape index (κ1) is 12.3. The number of esters is 1. The number of hydrogen-bond donors (Lipinski definition) is 2. The van der Waals surface area contributed by atoms with Crippen molar-refractivity contribution in [3.63, 3.8) is 0 Å². The molecule has 0 spiro atoms. The van der Waals surface area contributed by atoms with E-state index in [0.717, 1.165) is 0 Å². The van der Waals surface area contributed by atoms with Crippen molar-refractivity contribution in [2.24, 2.45) is 0 Å². The van der Waals surface area contributed by atoms with Crippen molar-refractivity contribution < 1.29 is 24.5 Å². The number of aliphatic hydroxyl groups is 1. The van der Waals surface area contributed by atoms with E-state index in [4.69, 9.17) is 14.6 Å². The highest BCUT2D eigenvalue weighted by molar-refractivity contribution is 5.73. The third-order valence-corrected chi connectivity index (χ3v) is 1.97. The van der Waals surface area contributed by atoms with E-state index >= 15 is 0 Å². The molecule has 0 saturated carbocycles. The van der Waals surface area contributed by atoms with Gasteiger partial charge in [-0.15, -0.1) is 0 Å². The molecule has 16 heavy (non-hydrogen) atoms. The van der Waals surface area contributed by atoms with Gasteiger partial charge in [0.1, 0.15) is 12.7 Å². The zero-order valence-electron chi connectivity index (χ0n) is 9.14. The Bertz CT molecular complexity index is 373. The lowest BCUT2D eigenvalue weighted by molar-refractivity contribution is -0.153. The van der Waals surface area contributed by atoms with Crippen LogP contribution in [0.2, 0.25) is 0 Å². The molecule has 1 aromatic carbocycles. The number of phenolic OH excluding ortho intramolecular Hbond substituents is 1. The second kappa shape index (κ2) is 5.37. The predicted molar refractivity (Wildman–Crippen MR) is 56.1 cm³/mol. The van der Waals surface area contributed by atoms with Gasteiger partial charge in [-0.2, -0.15) is 0 Å². The molecule has 0 saturated heterocycles. The molecule has 5 nitrogen and oxygen atoms in total. The van der Waals surface area contributed by atoms with Crippen molar-refractivity contribution in [1.82, 2.24) is 0 Å². The Kier molecular flexibility index (Phi) is 4.13. The molecule has 0 heterocycles. The number of carbonyl (C=O) groups excluding carboxylic acids is 1. The van der Waals surface area contributed by atoms with Crippen molar-refractivity contribution in [2.45, 2.75) is 19.6 Å². The van der Waals surface area contributed by atoms with E-state index in [2.05, 4.69) is 0 Å². The maximum Gasteiger partial charge on any atom is 0.334 e. The summed E-state index contributed by atoms with van der Waals surface area (Å²) in [5.41, 5.74) is 0.670. The molecule has 2 N–H and O–H groups in total. The van der Waals surface area contributed by atoms with Gasteiger partial charge in [0, 0.05) is 0 Å². The Morgan fingerprint density at radius 3 is 2.75 bits per heavy atom. The summed E-state index contributed by atoms with van der Waals surface area (Å²) in [6, 6.07) is 4.61. The van der Waals surface area contributed by atoms with Gasteiger partial charge in [0.15, 0.2) is 11.5 Å². The van der Waals surface area contributed by atoms with Crippen LogP contribution in [-0.2, 0) is 16.1 Å². The summed E-state index contributed by atoms with van der Waals surface area (Å²) < 4.78 is 9.70. The monoisotopic (exact) mass is 226 g/mol. The number of benzene rings is 1. The highest BCUT2D eigenvalue weighted by Gasteiger charge is 2.10. The van der Waals surface area contributed by atoms with E-state index < -0.39 is 12.1 Å². The Hall–Kier alpha value is -1.75. The average Bonchev–Trinajstić information content (AvgIpc) is 2.27. The standard InChI is InChI=1S/C11H14O5/c1-7(12)11(14)16-6-8-3-4-9(13)10(5-8)15-2/h3-5,7,12-13H,6H2,1-2H3. The normalized spacial score (nSPS) is 11.9. The Morgan fingerprint density at radius 1 is 1.50 bits per heavy atom. The number of ether oxygens (including phenoxy) is 2. The van der Waals surface area contributed by atoms with E-state index in [9.17, 15) is 9.90 Å². The summed E-state index contributed by atoms with van der Waals surface area (Å²) in [6.45, 7) is 1.36. The fourth-order valence-electron chi connectivity index (χ4n) is 1.09. The fraction of sp³-hybridized carbons (Fsp3) is 0.364. The van der Waals surface area contributed by atoms with Crippen LogP contribution < -0.4 is 4.74 Å². The van der Waals surface area contributed by atoms with Gasteiger partial charge >= 0.3 is 5.97 Å². The zero-order chi connectivity index (χ0) is 12.1. The van der Waals surface area contributed by atoms with Crippen LogP contribution in [-0.4, -0.2) is 29.4 Å². The highest BCUT2D eigenvalue weighted by Crippen LogP contribution is 2.26. The van der Waals surface area contributed by atoms with Crippen molar-refractivity contribution in [3.05, 3.63) is 23.8 Å². The second-order valence-corrected chi connectivity index (χ2v) is 3.29. The van der Waals surface area contributed by atoms with Crippen LogP contribution in [0.3, 0.4) is 0 Å². The molecule has 0 aliphatic rings. The van der Waals surface area contributed by atoms with Crippen molar-refractivity contribution >= 4 is 5.97 Å². The lowest BCUT2D eigenvalue weighted by Gasteiger charge is -2.08. The van der Waals surface area contributed by atoms with E-state index in [1.807, 2.05) is 0 Å². The topological polar surface area (TPSA) is 76.0 Å². The van der Waals surface area contributed by atoms with Gasteiger partial charge in [-0.05, 0) is 24.6 Å². The molecular weight excluding hydrogens is 212 g/mol. The molecule has 0 bridgehead atoms. The van der Waals surface area contributed by atoms with Crippen molar-refractivity contribution in [3.8, 4) is 11.5 Å². The summed E-state index contributed by atoms with van der Waals surface area (Å²) in [5, 5.41) is 18.2. The van der Waals surface area contributed by atoms with Crippen molar-refractivity contribution in [2.75, 3.05) is 7.11 Å². The summed E-state index contributed by atoms with van der Waals surface area (Å²) in [4.78, 5) is 11.0. The zero-order valence-corrected chi connectivity index (χ0v) is 9.14. The van der Waals surface area contributed by atoms with Gasteiger partial charge in [0.25, 0.3) is 0 Å². The maximum absolute atomic E-state index is 11.0. The maximum atomic E-state index is 11.0. The molecule has 1 atom stereocenters. The number of carbonyl (C=O) groups is 1. The van der Waals surface area contributed by atoms with Gasteiger partial charge in [-0.25, -0.2) is 4.79 Å². The summed E-state index contributed by atoms with van der Waals surface area (Å²) in [7, 11) is 1.43. The molecule has 1 rings (SSSR count). The third-order valence-electron chi connectivity index (χ3n) is 1.97. The minimum absolute atomic E-state index is 0.0214. The van der Waals surface area contributed by atoms with Gasteiger partial charge in [0.05, 0.1) is 7.11 Å². The molecule has 0 amide bonds. The van der Waals surface area contributed by atoms with Crippen LogP contribution in [0, 0.1) is 0 Å². The number of phenols is 1. The van der Waals surface area contributed by atoms with Crippen LogP contribution in [0.5, 0.6) is 11.5 Å². The lowest BCUT2D eigenvalue weighted by atomic mass is 10.2. The number of aromatic hydroxyl groups is 1. The molecular formula is C11H14O5. The molecule has 88 valence electrons. The molecule has 0 radical (unpaired) electrons. The molecule has 0 aliphatic heterocycles. The van der Waals surface area contributed by atoms with E-state index in [0.29, 0.717) is 11.3 Å². The third kappa shape index (κ3) is 3.13. The predicted octanol–water partition coefficient (Wildman–Crippen LogP) is 0.825. The van der Waals surface area contributed by atoms with Crippen LogP contribution in [0.4, 0.5) is 0 Å². The molecule has 1 unspecified atom stereocenters. The molecule has 0 fully saturated rings.